The molecule has 1 rings (SSSR count). The first-order valence-electron chi connectivity index (χ1n) is 5.26. The van der Waals surface area contributed by atoms with Crippen LogP contribution in [0.15, 0.2) is 28.2 Å². The van der Waals surface area contributed by atoms with Crippen LogP contribution in [0.25, 0.3) is 0 Å². The zero-order chi connectivity index (χ0) is 12.0. The number of hydrogen-bond donors (Lipinski definition) is 3. The second-order valence-electron chi connectivity index (χ2n) is 4.43. The van der Waals surface area contributed by atoms with Crippen LogP contribution < -0.4 is 11.1 Å². The van der Waals surface area contributed by atoms with Crippen LogP contribution in [0.2, 0.25) is 0 Å². The number of furan rings is 1. The molecule has 0 saturated carbocycles. The predicted molar refractivity (Wildman–Crippen MR) is 62.2 cm³/mol. The molecule has 90 valence electrons. The third kappa shape index (κ3) is 3.58. The summed E-state index contributed by atoms with van der Waals surface area (Å²) in [5, 5.41) is 14.9. The van der Waals surface area contributed by atoms with E-state index in [9.17, 15) is 0 Å². The molecule has 0 aliphatic heterocycles. The highest BCUT2D eigenvalue weighted by atomic mass is 16.4. The molecule has 4 N–H and O–H groups in total. The van der Waals surface area contributed by atoms with Gasteiger partial charge in [0.1, 0.15) is 5.84 Å². The SMILES string of the molecule is CC(C)(CCNCc1ccoc1)/C(N)=N/O. The van der Waals surface area contributed by atoms with E-state index in [1.165, 1.54) is 0 Å². The number of amidine groups is 1. The minimum atomic E-state index is -0.294. The topological polar surface area (TPSA) is 83.8 Å². The molecular formula is C11H19N3O2. The van der Waals surface area contributed by atoms with Gasteiger partial charge in [0.05, 0.1) is 12.5 Å². The van der Waals surface area contributed by atoms with Gasteiger partial charge in [-0.2, -0.15) is 0 Å². The largest absolute Gasteiger partial charge is 0.472 e. The van der Waals surface area contributed by atoms with E-state index in [0.29, 0.717) is 0 Å². The van der Waals surface area contributed by atoms with E-state index in [1.807, 2.05) is 19.9 Å². The summed E-state index contributed by atoms with van der Waals surface area (Å²) in [4.78, 5) is 0. The molecule has 0 saturated heterocycles. The van der Waals surface area contributed by atoms with E-state index in [-0.39, 0.29) is 11.3 Å². The standard InChI is InChI=1S/C11H19N3O2/c1-11(2,10(12)14-15)4-5-13-7-9-3-6-16-8-9/h3,6,8,13,15H,4-5,7H2,1-2H3,(H2,12,14). The van der Waals surface area contributed by atoms with Crippen molar-refractivity contribution in [1.29, 1.82) is 0 Å². The fraction of sp³-hybridized carbons (Fsp3) is 0.545. The van der Waals surface area contributed by atoms with Crippen LogP contribution >= 0.6 is 0 Å². The normalized spacial score (nSPS) is 13.0. The Morgan fingerprint density at radius 2 is 2.38 bits per heavy atom. The first-order chi connectivity index (χ1) is 7.56. The molecule has 0 fully saturated rings. The molecule has 0 aliphatic carbocycles. The van der Waals surface area contributed by atoms with Gasteiger partial charge in [-0.1, -0.05) is 19.0 Å². The van der Waals surface area contributed by atoms with Gasteiger partial charge >= 0.3 is 0 Å². The Hall–Kier alpha value is -1.49. The maximum atomic E-state index is 8.61. The van der Waals surface area contributed by atoms with Crippen LogP contribution in [0.4, 0.5) is 0 Å². The summed E-state index contributed by atoms with van der Waals surface area (Å²) >= 11 is 0. The molecule has 0 amide bonds. The van der Waals surface area contributed by atoms with E-state index >= 15 is 0 Å². The van der Waals surface area contributed by atoms with E-state index in [2.05, 4.69) is 10.5 Å². The van der Waals surface area contributed by atoms with E-state index in [1.54, 1.807) is 12.5 Å². The fourth-order valence-corrected chi connectivity index (χ4v) is 1.29. The number of nitrogens with zero attached hydrogens (tertiary/aromatic N) is 1. The molecule has 0 aliphatic rings. The second kappa shape index (κ2) is 5.55. The van der Waals surface area contributed by atoms with Gasteiger partial charge in [0, 0.05) is 17.5 Å². The molecule has 0 radical (unpaired) electrons. The van der Waals surface area contributed by atoms with Crippen LogP contribution in [0.1, 0.15) is 25.8 Å². The van der Waals surface area contributed by atoms with Crippen LogP contribution in [-0.4, -0.2) is 17.6 Å². The fourth-order valence-electron chi connectivity index (χ4n) is 1.29. The van der Waals surface area contributed by atoms with Gasteiger partial charge in [-0.05, 0) is 19.0 Å². The Morgan fingerprint density at radius 3 is 2.94 bits per heavy atom. The van der Waals surface area contributed by atoms with Crippen LogP contribution in [0.5, 0.6) is 0 Å². The summed E-state index contributed by atoms with van der Waals surface area (Å²) < 4.78 is 4.96. The number of rotatable bonds is 6. The molecule has 5 heteroatoms. The average Bonchev–Trinajstić information content (AvgIpc) is 2.76. The van der Waals surface area contributed by atoms with Gasteiger partial charge in [-0.15, -0.1) is 0 Å². The van der Waals surface area contributed by atoms with Gasteiger partial charge in [0.25, 0.3) is 0 Å². The van der Waals surface area contributed by atoms with Crippen LogP contribution in [-0.2, 0) is 6.54 Å². The smallest absolute Gasteiger partial charge is 0.144 e. The number of hydrogen-bond acceptors (Lipinski definition) is 4. The first kappa shape index (κ1) is 12.6. The molecule has 0 aromatic carbocycles. The molecule has 16 heavy (non-hydrogen) atoms. The lowest BCUT2D eigenvalue weighted by Gasteiger charge is -2.22. The van der Waals surface area contributed by atoms with E-state index in [4.69, 9.17) is 15.4 Å². The summed E-state index contributed by atoms with van der Waals surface area (Å²) in [6.07, 6.45) is 4.17. The Morgan fingerprint density at radius 1 is 1.62 bits per heavy atom. The van der Waals surface area contributed by atoms with Gasteiger partial charge in [-0.25, -0.2) is 0 Å². The van der Waals surface area contributed by atoms with Crippen molar-refractivity contribution in [2.45, 2.75) is 26.8 Å². The van der Waals surface area contributed by atoms with Gasteiger partial charge in [0.2, 0.25) is 0 Å². The Balaban J connectivity index is 2.25. The zero-order valence-electron chi connectivity index (χ0n) is 9.73. The summed E-state index contributed by atoms with van der Waals surface area (Å²) in [5.74, 6) is 0.262. The predicted octanol–water partition coefficient (Wildman–Crippen LogP) is 1.53. The van der Waals surface area contributed by atoms with Crippen molar-refractivity contribution >= 4 is 5.84 Å². The second-order valence-corrected chi connectivity index (χ2v) is 4.43. The van der Waals surface area contributed by atoms with Crippen molar-refractivity contribution in [3.05, 3.63) is 24.2 Å². The van der Waals surface area contributed by atoms with E-state index in [0.717, 1.165) is 25.1 Å². The third-order valence-corrected chi connectivity index (χ3v) is 2.64. The Labute approximate surface area is 95.3 Å². The van der Waals surface area contributed by atoms with Crippen molar-refractivity contribution in [2.24, 2.45) is 16.3 Å². The molecule has 0 unspecified atom stereocenters. The van der Waals surface area contributed by atoms with Crippen molar-refractivity contribution < 1.29 is 9.62 Å². The average molecular weight is 225 g/mol. The molecule has 5 nitrogen and oxygen atoms in total. The van der Waals surface area contributed by atoms with Crippen molar-refractivity contribution in [2.75, 3.05) is 6.54 Å². The lowest BCUT2D eigenvalue weighted by molar-refractivity contribution is 0.305. The van der Waals surface area contributed by atoms with Gasteiger partial charge < -0.3 is 20.7 Å². The highest BCUT2D eigenvalue weighted by molar-refractivity contribution is 5.85. The lowest BCUT2D eigenvalue weighted by Crippen LogP contribution is -2.34. The molecular weight excluding hydrogens is 206 g/mol. The van der Waals surface area contributed by atoms with Gasteiger partial charge in [-0.3, -0.25) is 0 Å². The lowest BCUT2D eigenvalue weighted by atomic mass is 9.88. The molecule has 1 aromatic heterocycles. The van der Waals surface area contributed by atoms with Crippen molar-refractivity contribution in [1.82, 2.24) is 5.32 Å². The summed E-state index contributed by atoms with van der Waals surface area (Å²) in [7, 11) is 0. The maximum absolute atomic E-state index is 8.61. The molecule has 1 heterocycles. The summed E-state index contributed by atoms with van der Waals surface area (Å²) in [6.45, 7) is 5.46. The third-order valence-electron chi connectivity index (χ3n) is 2.64. The number of oxime groups is 1. The molecule has 0 atom stereocenters. The quantitative estimate of drug-likeness (QED) is 0.225. The van der Waals surface area contributed by atoms with Gasteiger partial charge in [0.15, 0.2) is 0 Å². The number of nitrogens with two attached hydrogens (primary N) is 1. The minimum absolute atomic E-state index is 0.262. The highest BCUT2D eigenvalue weighted by Gasteiger charge is 2.22. The zero-order valence-corrected chi connectivity index (χ0v) is 9.73. The van der Waals surface area contributed by atoms with E-state index < -0.39 is 0 Å². The maximum Gasteiger partial charge on any atom is 0.144 e. The van der Waals surface area contributed by atoms with Crippen LogP contribution in [0.3, 0.4) is 0 Å². The van der Waals surface area contributed by atoms with Crippen LogP contribution in [0, 0.1) is 5.41 Å². The highest BCUT2D eigenvalue weighted by Crippen LogP contribution is 2.19. The minimum Gasteiger partial charge on any atom is -0.472 e. The number of nitrogens with one attached hydrogen (secondary N) is 1. The Kier molecular flexibility index (Phi) is 4.37. The molecule has 1 aromatic rings. The van der Waals surface area contributed by atoms with Crippen molar-refractivity contribution in [3.8, 4) is 0 Å². The summed E-state index contributed by atoms with van der Waals surface area (Å²) in [6, 6.07) is 1.92. The molecule has 0 bridgehead atoms. The Bertz CT molecular complexity index is 331. The van der Waals surface area contributed by atoms with Crippen molar-refractivity contribution in [3.63, 3.8) is 0 Å². The first-order valence-corrected chi connectivity index (χ1v) is 5.26. The summed E-state index contributed by atoms with van der Waals surface area (Å²) in [5.41, 5.74) is 6.40. The molecule has 0 spiro atoms. The monoisotopic (exact) mass is 225 g/mol.